The van der Waals surface area contributed by atoms with Crippen LogP contribution in [0.2, 0.25) is 0 Å². The van der Waals surface area contributed by atoms with Gasteiger partial charge in [0.25, 0.3) is 0 Å². The van der Waals surface area contributed by atoms with E-state index in [2.05, 4.69) is 11.4 Å². The minimum Gasteiger partial charge on any atom is -0.497 e. The molecule has 1 atom stereocenters. The number of nitrogens with zero attached hydrogens (tertiary/aromatic N) is 1. The van der Waals surface area contributed by atoms with E-state index in [1.165, 1.54) is 0 Å². The van der Waals surface area contributed by atoms with Crippen LogP contribution >= 0.6 is 11.3 Å². The number of thiazole rings is 1. The number of hydrogen-bond acceptors (Lipinski definition) is 7. The fraction of sp³-hybridized carbons (Fsp3) is 0.214. The molecule has 3 aromatic carbocycles. The van der Waals surface area contributed by atoms with Gasteiger partial charge in [-0.2, -0.15) is 0 Å². The molecule has 0 fully saturated rings. The van der Waals surface area contributed by atoms with E-state index in [1.807, 2.05) is 79.9 Å². The summed E-state index contributed by atoms with van der Waals surface area (Å²) in [4.78, 5) is 17.6. The molecule has 35 heavy (non-hydrogen) atoms. The molecule has 0 aliphatic carbocycles. The Bertz CT molecular complexity index is 1260. The largest absolute Gasteiger partial charge is 0.497 e. The Labute approximate surface area is 209 Å². The Morgan fingerprint density at radius 1 is 0.971 bits per heavy atom. The van der Waals surface area contributed by atoms with Crippen LogP contribution in [0, 0.1) is 0 Å². The normalized spacial score (nSPS) is 12.3. The molecule has 0 radical (unpaired) electrons. The van der Waals surface area contributed by atoms with E-state index in [1.54, 1.807) is 25.6 Å². The molecule has 0 saturated heterocycles. The van der Waals surface area contributed by atoms with Crippen molar-refractivity contribution in [3.63, 3.8) is 0 Å². The summed E-state index contributed by atoms with van der Waals surface area (Å²) in [5.41, 5.74) is 3.70. The van der Waals surface area contributed by atoms with Gasteiger partial charge < -0.3 is 19.5 Å². The number of fused-ring (bicyclic) bond motifs is 1. The number of benzene rings is 3. The van der Waals surface area contributed by atoms with Crippen molar-refractivity contribution >= 4 is 38.8 Å². The molecule has 1 heterocycles. The summed E-state index contributed by atoms with van der Waals surface area (Å²) >= 11 is 1.60. The lowest BCUT2D eigenvalue weighted by atomic mass is 9.88. The SMILES string of the molecule is CCOC(=O)CC(/C(=C/Nc1ccc(OC)cc1)c1nc2ccccc2s1)c1ccc(OC)cc1. The van der Waals surface area contributed by atoms with Crippen molar-refractivity contribution < 1.29 is 19.0 Å². The maximum Gasteiger partial charge on any atom is 0.306 e. The van der Waals surface area contributed by atoms with Crippen molar-refractivity contribution in [1.82, 2.24) is 4.98 Å². The highest BCUT2D eigenvalue weighted by atomic mass is 32.1. The maximum absolute atomic E-state index is 12.7. The van der Waals surface area contributed by atoms with Gasteiger partial charge in [0.05, 0.1) is 37.5 Å². The number of para-hydroxylation sites is 1. The second-order valence-electron chi connectivity index (χ2n) is 7.79. The number of carbonyl (C=O) groups is 1. The van der Waals surface area contributed by atoms with Gasteiger partial charge in [-0.25, -0.2) is 4.98 Å². The highest BCUT2D eigenvalue weighted by Gasteiger charge is 2.25. The van der Waals surface area contributed by atoms with Gasteiger partial charge in [-0.15, -0.1) is 11.3 Å². The highest BCUT2D eigenvalue weighted by molar-refractivity contribution is 7.19. The van der Waals surface area contributed by atoms with Crippen LogP contribution in [-0.2, 0) is 9.53 Å². The third kappa shape index (κ3) is 6.00. The molecule has 1 unspecified atom stereocenters. The van der Waals surface area contributed by atoms with E-state index in [0.29, 0.717) is 6.61 Å². The Hall–Kier alpha value is -3.84. The molecule has 0 saturated carbocycles. The number of rotatable bonds is 10. The molecule has 7 heteroatoms. The number of allylic oxidation sites excluding steroid dienone is 1. The molecular weight excluding hydrogens is 460 g/mol. The van der Waals surface area contributed by atoms with Crippen molar-refractivity contribution in [3.05, 3.63) is 89.6 Å². The summed E-state index contributed by atoms with van der Waals surface area (Å²) in [6, 6.07) is 23.5. The third-order valence-electron chi connectivity index (χ3n) is 5.59. The quantitative estimate of drug-likeness (QED) is 0.257. The Morgan fingerprint density at radius 3 is 2.26 bits per heavy atom. The van der Waals surface area contributed by atoms with E-state index in [9.17, 15) is 4.79 Å². The van der Waals surface area contributed by atoms with Crippen LogP contribution < -0.4 is 14.8 Å². The molecular formula is C28H28N2O4S. The lowest BCUT2D eigenvalue weighted by Gasteiger charge is -2.20. The molecule has 0 aliphatic rings. The smallest absolute Gasteiger partial charge is 0.306 e. The van der Waals surface area contributed by atoms with Crippen LogP contribution in [0.4, 0.5) is 5.69 Å². The minimum absolute atomic E-state index is 0.187. The Kier molecular flexibility index (Phi) is 8.00. The van der Waals surface area contributed by atoms with Gasteiger partial charge in [-0.3, -0.25) is 4.79 Å². The molecule has 0 spiro atoms. The number of anilines is 1. The molecule has 1 N–H and O–H groups in total. The summed E-state index contributed by atoms with van der Waals surface area (Å²) in [6.45, 7) is 2.15. The number of aromatic nitrogens is 1. The second-order valence-corrected chi connectivity index (χ2v) is 8.82. The number of methoxy groups -OCH3 is 2. The number of nitrogens with one attached hydrogen (secondary N) is 1. The van der Waals surface area contributed by atoms with Crippen molar-refractivity contribution in [2.45, 2.75) is 19.3 Å². The molecule has 1 aromatic heterocycles. The van der Waals surface area contributed by atoms with Crippen LogP contribution in [0.5, 0.6) is 11.5 Å². The third-order valence-corrected chi connectivity index (χ3v) is 6.68. The zero-order valence-corrected chi connectivity index (χ0v) is 20.8. The molecule has 4 aromatic rings. The van der Waals surface area contributed by atoms with Crippen LogP contribution in [0.15, 0.2) is 79.0 Å². The lowest BCUT2D eigenvalue weighted by molar-refractivity contribution is -0.143. The van der Waals surface area contributed by atoms with Crippen LogP contribution in [0.25, 0.3) is 15.8 Å². The van der Waals surface area contributed by atoms with Crippen molar-refractivity contribution in [2.24, 2.45) is 0 Å². The summed E-state index contributed by atoms with van der Waals surface area (Å²) in [6.07, 6.45) is 2.12. The Morgan fingerprint density at radius 2 is 1.63 bits per heavy atom. The summed E-state index contributed by atoms with van der Waals surface area (Å²) in [5.74, 6) is 1.01. The Balaban J connectivity index is 1.79. The minimum atomic E-state index is -0.272. The average molecular weight is 489 g/mol. The van der Waals surface area contributed by atoms with Gasteiger partial charge in [0, 0.05) is 23.4 Å². The summed E-state index contributed by atoms with van der Waals surface area (Å²) in [5, 5.41) is 4.23. The molecule has 0 bridgehead atoms. The first-order valence-electron chi connectivity index (χ1n) is 11.4. The zero-order chi connectivity index (χ0) is 24.6. The van der Waals surface area contributed by atoms with Crippen molar-refractivity contribution in [2.75, 3.05) is 26.1 Å². The molecule has 0 aliphatic heterocycles. The van der Waals surface area contributed by atoms with Crippen LogP contribution in [-0.4, -0.2) is 31.8 Å². The van der Waals surface area contributed by atoms with Crippen molar-refractivity contribution in [1.29, 1.82) is 0 Å². The second kappa shape index (κ2) is 11.5. The molecule has 4 rings (SSSR count). The highest BCUT2D eigenvalue weighted by Crippen LogP contribution is 2.39. The fourth-order valence-electron chi connectivity index (χ4n) is 3.79. The monoisotopic (exact) mass is 488 g/mol. The summed E-state index contributed by atoms with van der Waals surface area (Å²) in [7, 11) is 3.28. The van der Waals surface area contributed by atoms with Crippen LogP contribution in [0.3, 0.4) is 0 Å². The number of esters is 1. The van der Waals surface area contributed by atoms with E-state index in [-0.39, 0.29) is 18.3 Å². The van der Waals surface area contributed by atoms with Gasteiger partial charge >= 0.3 is 5.97 Å². The topological polar surface area (TPSA) is 69.7 Å². The van der Waals surface area contributed by atoms with E-state index in [4.69, 9.17) is 19.2 Å². The van der Waals surface area contributed by atoms with E-state index in [0.717, 1.165) is 43.5 Å². The average Bonchev–Trinajstić information content (AvgIpc) is 3.33. The van der Waals surface area contributed by atoms with Crippen LogP contribution in [0.1, 0.15) is 29.8 Å². The van der Waals surface area contributed by atoms with Gasteiger partial charge in [0.2, 0.25) is 0 Å². The predicted molar refractivity (Wildman–Crippen MR) is 141 cm³/mol. The molecule has 0 amide bonds. The predicted octanol–water partition coefficient (Wildman–Crippen LogP) is 6.50. The first-order chi connectivity index (χ1) is 17.1. The number of carbonyl (C=O) groups excluding carboxylic acids is 1. The standard InChI is InChI=1S/C28H28N2O4S/c1-4-34-27(31)17-23(19-9-13-21(32-2)14-10-19)24(18-29-20-11-15-22(33-3)16-12-20)28-30-25-7-5-6-8-26(25)35-28/h5-16,18,23,29H,4,17H2,1-3H3/b24-18-. The molecule has 180 valence electrons. The summed E-state index contributed by atoms with van der Waals surface area (Å²) < 4.78 is 17.0. The number of ether oxygens (including phenoxy) is 3. The number of hydrogen-bond donors (Lipinski definition) is 1. The van der Waals surface area contributed by atoms with E-state index < -0.39 is 0 Å². The zero-order valence-electron chi connectivity index (χ0n) is 20.0. The fourth-order valence-corrected chi connectivity index (χ4v) is 4.82. The first kappa shape index (κ1) is 24.3. The van der Waals surface area contributed by atoms with Gasteiger partial charge in [-0.1, -0.05) is 24.3 Å². The lowest BCUT2D eigenvalue weighted by Crippen LogP contribution is -2.13. The van der Waals surface area contributed by atoms with Gasteiger partial charge in [0.15, 0.2) is 0 Å². The molecule has 6 nitrogen and oxygen atoms in total. The maximum atomic E-state index is 12.7. The van der Waals surface area contributed by atoms with Gasteiger partial charge in [0.1, 0.15) is 16.5 Å². The van der Waals surface area contributed by atoms with Gasteiger partial charge in [-0.05, 0) is 61.0 Å². The van der Waals surface area contributed by atoms with E-state index >= 15 is 0 Å². The van der Waals surface area contributed by atoms with Crippen molar-refractivity contribution in [3.8, 4) is 11.5 Å². The first-order valence-corrected chi connectivity index (χ1v) is 12.2.